The second kappa shape index (κ2) is 8.20. The fraction of sp³-hybridized carbons (Fsp3) is 0.385. The highest BCUT2D eigenvalue weighted by Crippen LogP contribution is 2.01. The molecule has 0 spiro atoms. The van der Waals surface area contributed by atoms with Gasteiger partial charge in [0, 0.05) is 25.8 Å². The van der Waals surface area contributed by atoms with Crippen LogP contribution in [0, 0.1) is 5.82 Å². The number of ether oxygens (including phenoxy) is 1. The lowest BCUT2D eigenvalue weighted by Crippen LogP contribution is -2.37. The number of hydrogen-bond donors (Lipinski definition) is 2. The van der Waals surface area contributed by atoms with Gasteiger partial charge in [-0.15, -0.1) is 0 Å². The van der Waals surface area contributed by atoms with E-state index in [-0.39, 0.29) is 12.5 Å². The van der Waals surface area contributed by atoms with Crippen molar-refractivity contribution in [2.45, 2.75) is 6.42 Å². The van der Waals surface area contributed by atoms with E-state index < -0.39 is 11.7 Å². The number of methoxy groups -OCH3 is 1. The third kappa shape index (κ3) is 5.96. The third-order valence-electron chi connectivity index (χ3n) is 2.36. The molecule has 0 heterocycles. The normalized spacial score (nSPS) is 10.0. The third-order valence-corrected chi connectivity index (χ3v) is 2.36. The van der Waals surface area contributed by atoms with Gasteiger partial charge in [0.05, 0.1) is 6.54 Å². The van der Waals surface area contributed by atoms with E-state index in [0.717, 1.165) is 0 Å². The predicted octanol–water partition coefficient (Wildman–Crippen LogP) is 0.708. The molecule has 6 heteroatoms. The lowest BCUT2D eigenvalue weighted by molar-refractivity contribution is -0.120. The van der Waals surface area contributed by atoms with E-state index in [1.54, 1.807) is 7.11 Å². The van der Waals surface area contributed by atoms with Gasteiger partial charge in [-0.3, -0.25) is 9.59 Å². The van der Waals surface area contributed by atoms with Crippen molar-refractivity contribution < 1.29 is 18.7 Å². The van der Waals surface area contributed by atoms with Crippen LogP contribution in [0.1, 0.15) is 16.8 Å². The van der Waals surface area contributed by atoms with E-state index in [1.807, 2.05) is 0 Å². The van der Waals surface area contributed by atoms with Crippen LogP contribution in [0.2, 0.25) is 0 Å². The number of rotatable bonds is 7. The van der Waals surface area contributed by atoms with Crippen molar-refractivity contribution in [2.24, 2.45) is 0 Å². The second-order valence-corrected chi connectivity index (χ2v) is 3.89. The summed E-state index contributed by atoms with van der Waals surface area (Å²) in [6.45, 7) is 0.963. The highest BCUT2D eigenvalue weighted by Gasteiger charge is 2.07. The average Bonchev–Trinajstić information content (AvgIpc) is 2.42. The van der Waals surface area contributed by atoms with Crippen molar-refractivity contribution in [3.8, 4) is 0 Å². The van der Waals surface area contributed by atoms with Gasteiger partial charge in [-0.2, -0.15) is 0 Å². The Labute approximate surface area is 111 Å². The zero-order chi connectivity index (χ0) is 14.1. The van der Waals surface area contributed by atoms with Crippen molar-refractivity contribution in [2.75, 3.05) is 26.8 Å². The molecule has 0 aliphatic carbocycles. The van der Waals surface area contributed by atoms with Crippen molar-refractivity contribution in [1.29, 1.82) is 0 Å². The van der Waals surface area contributed by atoms with Gasteiger partial charge in [0.15, 0.2) is 0 Å². The molecule has 0 aliphatic rings. The van der Waals surface area contributed by atoms with Gasteiger partial charge in [0.1, 0.15) is 5.82 Å². The Morgan fingerprint density at radius 1 is 1.21 bits per heavy atom. The highest BCUT2D eigenvalue weighted by atomic mass is 19.1. The van der Waals surface area contributed by atoms with Gasteiger partial charge in [-0.25, -0.2) is 4.39 Å². The molecule has 1 rings (SSSR count). The fourth-order valence-corrected chi connectivity index (χ4v) is 1.37. The maximum absolute atomic E-state index is 12.7. The molecule has 0 unspecified atom stereocenters. The first-order chi connectivity index (χ1) is 9.13. The van der Waals surface area contributed by atoms with E-state index in [0.29, 0.717) is 25.1 Å². The fourth-order valence-electron chi connectivity index (χ4n) is 1.37. The molecule has 0 saturated heterocycles. The summed E-state index contributed by atoms with van der Waals surface area (Å²) >= 11 is 0. The molecule has 0 aliphatic heterocycles. The Kier molecular flexibility index (Phi) is 6.52. The van der Waals surface area contributed by atoms with Crippen LogP contribution < -0.4 is 10.6 Å². The lowest BCUT2D eigenvalue weighted by Gasteiger charge is -2.06. The molecule has 2 N–H and O–H groups in total. The Morgan fingerprint density at radius 3 is 2.53 bits per heavy atom. The summed E-state index contributed by atoms with van der Waals surface area (Å²) in [6, 6.07) is 5.11. The van der Waals surface area contributed by atoms with Gasteiger partial charge in [-0.1, -0.05) is 0 Å². The molecule has 5 nitrogen and oxygen atoms in total. The Morgan fingerprint density at radius 2 is 1.89 bits per heavy atom. The summed E-state index contributed by atoms with van der Waals surface area (Å²) in [4.78, 5) is 23.0. The quantitative estimate of drug-likeness (QED) is 0.716. The summed E-state index contributed by atoms with van der Waals surface area (Å²) < 4.78 is 17.5. The van der Waals surface area contributed by atoms with Crippen LogP contribution in [0.5, 0.6) is 0 Å². The Hall–Kier alpha value is -1.95. The van der Waals surface area contributed by atoms with Crippen LogP contribution >= 0.6 is 0 Å². The van der Waals surface area contributed by atoms with Gasteiger partial charge >= 0.3 is 0 Å². The maximum Gasteiger partial charge on any atom is 0.251 e. The monoisotopic (exact) mass is 268 g/mol. The number of amides is 2. The van der Waals surface area contributed by atoms with Crippen LogP contribution in [0.3, 0.4) is 0 Å². The van der Waals surface area contributed by atoms with Gasteiger partial charge in [-0.05, 0) is 30.7 Å². The van der Waals surface area contributed by atoms with E-state index in [4.69, 9.17) is 4.74 Å². The minimum atomic E-state index is -0.410. The van der Waals surface area contributed by atoms with E-state index in [9.17, 15) is 14.0 Å². The van der Waals surface area contributed by atoms with Crippen molar-refractivity contribution in [1.82, 2.24) is 10.6 Å². The zero-order valence-corrected chi connectivity index (χ0v) is 10.7. The predicted molar refractivity (Wildman–Crippen MR) is 68.2 cm³/mol. The molecule has 0 aromatic heterocycles. The number of halogens is 1. The molecule has 104 valence electrons. The first-order valence-electron chi connectivity index (χ1n) is 5.93. The number of benzene rings is 1. The van der Waals surface area contributed by atoms with E-state index in [1.165, 1.54) is 24.3 Å². The zero-order valence-electron chi connectivity index (χ0n) is 10.7. The van der Waals surface area contributed by atoms with Crippen LogP contribution in [0.15, 0.2) is 24.3 Å². The van der Waals surface area contributed by atoms with E-state index >= 15 is 0 Å². The number of carbonyl (C=O) groups excluding carboxylic acids is 2. The molecular formula is C13H17FN2O3. The maximum atomic E-state index is 12.7. The molecule has 1 aromatic carbocycles. The van der Waals surface area contributed by atoms with Gasteiger partial charge < -0.3 is 15.4 Å². The topological polar surface area (TPSA) is 67.4 Å². The molecule has 0 saturated carbocycles. The first kappa shape index (κ1) is 15.1. The number of nitrogens with one attached hydrogen (secondary N) is 2. The standard InChI is InChI=1S/C13H17FN2O3/c1-19-8-2-7-15-12(17)9-16-13(18)10-3-5-11(14)6-4-10/h3-6H,2,7-9H2,1H3,(H,15,17)(H,16,18). The van der Waals surface area contributed by atoms with Crippen LogP contribution in [-0.2, 0) is 9.53 Å². The van der Waals surface area contributed by atoms with Crippen LogP contribution in [0.25, 0.3) is 0 Å². The molecule has 0 radical (unpaired) electrons. The van der Waals surface area contributed by atoms with Gasteiger partial charge in [0.2, 0.25) is 5.91 Å². The highest BCUT2D eigenvalue weighted by molar-refractivity contribution is 5.96. The molecule has 2 amide bonds. The summed E-state index contributed by atoms with van der Waals surface area (Å²) in [7, 11) is 1.59. The van der Waals surface area contributed by atoms with Crippen molar-refractivity contribution in [3.63, 3.8) is 0 Å². The van der Waals surface area contributed by atoms with Crippen LogP contribution in [0.4, 0.5) is 4.39 Å². The average molecular weight is 268 g/mol. The first-order valence-corrected chi connectivity index (χ1v) is 5.93. The van der Waals surface area contributed by atoms with Crippen molar-refractivity contribution in [3.05, 3.63) is 35.6 Å². The molecule has 19 heavy (non-hydrogen) atoms. The van der Waals surface area contributed by atoms with E-state index in [2.05, 4.69) is 10.6 Å². The molecular weight excluding hydrogens is 251 g/mol. The molecule has 0 fully saturated rings. The molecule has 0 bridgehead atoms. The Balaban J connectivity index is 2.26. The summed E-state index contributed by atoms with van der Waals surface area (Å²) in [5.41, 5.74) is 0.314. The SMILES string of the molecule is COCCCNC(=O)CNC(=O)c1ccc(F)cc1. The minimum Gasteiger partial charge on any atom is -0.385 e. The summed E-state index contributed by atoms with van der Waals surface area (Å²) in [5.74, 6) is -1.09. The number of carbonyl (C=O) groups is 2. The summed E-state index contributed by atoms with van der Waals surface area (Å²) in [6.07, 6.45) is 0.716. The van der Waals surface area contributed by atoms with Gasteiger partial charge in [0.25, 0.3) is 5.91 Å². The van der Waals surface area contributed by atoms with Crippen molar-refractivity contribution >= 4 is 11.8 Å². The molecule has 0 atom stereocenters. The Bertz CT molecular complexity index is 420. The largest absolute Gasteiger partial charge is 0.385 e. The molecule has 1 aromatic rings. The van der Waals surface area contributed by atoms with Crippen LogP contribution in [-0.4, -0.2) is 38.6 Å². The number of hydrogen-bond acceptors (Lipinski definition) is 3. The summed E-state index contributed by atoms with van der Waals surface area (Å²) in [5, 5.41) is 5.09. The second-order valence-electron chi connectivity index (χ2n) is 3.89. The smallest absolute Gasteiger partial charge is 0.251 e. The lowest BCUT2D eigenvalue weighted by atomic mass is 10.2. The minimum absolute atomic E-state index is 0.108.